The van der Waals surface area contributed by atoms with Crippen molar-refractivity contribution in [3.63, 3.8) is 0 Å². The fourth-order valence-corrected chi connectivity index (χ4v) is 4.08. The lowest BCUT2D eigenvalue weighted by Gasteiger charge is -2.29. The molecule has 0 aromatic heterocycles. The van der Waals surface area contributed by atoms with E-state index in [1.54, 1.807) is 19.2 Å². The Kier molecular flexibility index (Phi) is 7.64. The number of carbonyl (C=O) groups excluding carboxylic acids is 1. The van der Waals surface area contributed by atoms with E-state index in [-0.39, 0.29) is 5.91 Å². The zero-order valence-electron chi connectivity index (χ0n) is 17.3. The van der Waals surface area contributed by atoms with E-state index in [0.29, 0.717) is 29.6 Å². The van der Waals surface area contributed by atoms with Gasteiger partial charge in [-0.15, -0.1) is 0 Å². The van der Waals surface area contributed by atoms with Crippen LogP contribution in [0.1, 0.15) is 52.7 Å². The van der Waals surface area contributed by atoms with Crippen LogP contribution in [0, 0.1) is 12.8 Å². The van der Waals surface area contributed by atoms with E-state index >= 15 is 0 Å². The van der Waals surface area contributed by atoms with Crippen molar-refractivity contribution in [2.24, 2.45) is 5.92 Å². The molecule has 156 valence electrons. The van der Waals surface area contributed by atoms with Gasteiger partial charge in [0.2, 0.25) is 0 Å². The summed E-state index contributed by atoms with van der Waals surface area (Å²) in [6.07, 6.45) is 4.39. The van der Waals surface area contributed by atoms with Crippen LogP contribution in [0.5, 0.6) is 5.75 Å². The van der Waals surface area contributed by atoms with Crippen LogP contribution < -0.4 is 15.4 Å². The topological polar surface area (TPSA) is 50.4 Å². The first-order valence-corrected chi connectivity index (χ1v) is 10.4. The summed E-state index contributed by atoms with van der Waals surface area (Å²) < 4.78 is 18.3. The predicted molar refractivity (Wildman–Crippen MR) is 114 cm³/mol. The molecule has 1 aliphatic carbocycles. The van der Waals surface area contributed by atoms with Gasteiger partial charge in [0.25, 0.3) is 5.91 Å². The summed E-state index contributed by atoms with van der Waals surface area (Å²) in [5.74, 6) is 1.30. The van der Waals surface area contributed by atoms with Crippen molar-refractivity contribution in [2.75, 3.05) is 13.7 Å². The number of hydrogen-bond donors (Lipinski definition) is 2. The van der Waals surface area contributed by atoms with Crippen molar-refractivity contribution in [1.82, 2.24) is 10.6 Å². The minimum absolute atomic E-state index is 0.111. The molecular weight excluding hydrogens is 367 g/mol. The molecule has 0 atom stereocenters. The lowest BCUT2D eigenvalue weighted by Crippen LogP contribution is -2.36. The number of aryl methyl sites for hydroxylation is 1. The maximum Gasteiger partial charge on any atom is 0.251 e. The number of amides is 1. The number of hydrogen-bond acceptors (Lipinski definition) is 3. The van der Waals surface area contributed by atoms with Gasteiger partial charge in [-0.3, -0.25) is 4.79 Å². The van der Waals surface area contributed by atoms with Crippen molar-refractivity contribution < 1.29 is 13.9 Å². The molecule has 1 aliphatic rings. The second kappa shape index (κ2) is 10.4. The van der Waals surface area contributed by atoms with Gasteiger partial charge in [0.15, 0.2) is 0 Å². The van der Waals surface area contributed by atoms with Crippen LogP contribution in [0.3, 0.4) is 0 Å². The number of alkyl halides is 1. The van der Waals surface area contributed by atoms with Crippen LogP contribution in [0.2, 0.25) is 0 Å². The Morgan fingerprint density at radius 1 is 1.14 bits per heavy atom. The Hall–Kier alpha value is -2.40. The molecule has 0 aliphatic heterocycles. The van der Waals surface area contributed by atoms with Gasteiger partial charge < -0.3 is 15.4 Å². The fraction of sp³-hybridized carbons (Fsp3) is 0.458. The van der Waals surface area contributed by atoms with Gasteiger partial charge in [-0.1, -0.05) is 24.3 Å². The number of benzene rings is 2. The van der Waals surface area contributed by atoms with Gasteiger partial charge >= 0.3 is 0 Å². The third-order valence-corrected chi connectivity index (χ3v) is 5.73. The number of halogens is 1. The zero-order chi connectivity index (χ0) is 20.6. The Labute approximate surface area is 172 Å². The Morgan fingerprint density at radius 2 is 1.90 bits per heavy atom. The molecule has 0 spiro atoms. The smallest absolute Gasteiger partial charge is 0.251 e. The number of nitrogens with one attached hydrogen (secondary N) is 2. The molecule has 2 N–H and O–H groups in total. The van der Waals surface area contributed by atoms with E-state index in [4.69, 9.17) is 4.74 Å². The summed E-state index contributed by atoms with van der Waals surface area (Å²) >= 11 is 0. The van der Waals surface area contributed by atoms with Crippen LogP contribution in [-0.2, 0) is 13.2 Å². The Bertz CT molecular complexity index is 816. The average Bonchev–Trinajstić information content (AvgIpc) is 2.76. The highest BCUT2D eigenvalue weighted by Gasteiger charge is 2.21. The number of carbonyl (C=O) groups is 1. The molecule has 1 fully saturated rings. The quantitative estimate of drug-likeness (QED) is 0.686. The molecule has 0 unspecified atom stereocenters. The SMILES string of the molecule is COc1ccccc1CN[C@H]1CC[C@@H](CNC(=O)c2cc(C)cc(CF)c2)CC1. The average molecular weight is 399 g/mol. The largest absolute Gasteiger partial charge is 0.496 e. The second-order valence-electron chi connectivity index (χ2n) is 7.96. The van der Waals surface area contributed by atoms with E-state index in [2.05, 4.69) is 16.7 Å². The molecule has 0 saturated heterocycles. The van der Waals surface area contributed by atoms with Crippen molar-refractivity contribution >= 4 is 5.91 Å². The third kappa shape index (κ3) is 6.04. The number of rotatable bonds is 8. The van der Waals surface area contributed by atoms with Crippen molar-refractivity contribution in [3.8, 4) is 5.75 Å². The van der Waals surface area contributed by atoms with Gasteiger partial charge in [-0.05, 0) is 67.9 Å². The normalized spacial score (nSPS) is 19.0. The van der Waals surface area contributed by atoms with E-state index in [0.717, 1.165) is 43.5 Å². The molecule has 5 heteroatoms. The molecule has 0 bridgehead atoms. The van der Waals surface area contributed by atoms with Gasteiger partial charge in [0, 0.05) is 30.3 Å². The summed E-state index contributed by atoms with van der Waals surface area (Å²) in [6.45, 7) is 2.82. The molecule has 1 amide bonds. The zero-order valence-corrected chi connectivity index (χ0v) is 17.3. The third-order valence-electron chi connectivity index (χ3n) is 5.73. The number of methoxy groups -OCH3 is 1. The van der Waals surface area contributed by atoms with E-state index in [9.17, 15) is 9.18 Å². The highest BCUT2D eigenvalue weighted by molar-refractivity contribution is 5.94. The molecule has 29 heavy (non-hydrogen) atoms. The van der Waals surface area contributed by atoms with Crippen molar-refractivity contribution in [2.45, 2.75) is 51.9 Å². The van der Waals surface area contributed by atoms with Crippen molar-refractivity contribution in [1.29, 1.82) is 0 Å². The van der Waals surface area contributed by atoms with E-state index in [1.807, 2.05) is 31.2 Å². The van der Waals surface area contributed by atoms with Crippen LogP contribution in [0.15, 0.2) is 42.5 Å². The van der Waals surface area contributed by atoms with Gasteiger partial charge in [-0.2, -0.15) is 0 Å². The molecule has 2 aromatic rings. The molecule has 2 aromatic carbocycles. The summed E-state index contributed by atoms with van der Waals surface area (Å²) in [5.41, 5.74) is 3.18. The van der Waals surface area contributed by atoms with Gasteiger partial charge in [-0.25, -0.2) is 4.39 Å². The van der Waals surface area contributed by atoms with Crippen LogP contribution in [0.25, 0.3) is 0 Å². The maximum atomic E-state index is 12.9. The molecule has 4 nitrogen and oxygen atoms in total. The maximum absolute atomic E-state index is 12.9. The summed E-state index contributed by atoms with van der Waals surface area (Å²) in [4.78, 5) is 12.4. The minimum atomic E-state index is -0.548. The second-order valence-corrected chi connectivity index (χ2v) is 7.96. The first-order chi connectivity index (χ1) is 14.1. The first-order valence-electron chi connectivity index (χ1n) is 10.4. The minimum Gasteiger partial charge on any atom is -0.496 e. The summed E-state index contributed by atoms with van der Waals surface area (Å²) in [6, 6.07) is 13.8. The fourth-order valence-electron chi connectivity index (χ4n) is 4.08. The predicted octanol–water partition coefficient (Wildman–Crippen LogP) is 4.55. The lowest BCUT2D eigenvalue weighted by atomic mass is 9.86. The van der Waals surface area contributed by atoms with E-state index in [1.165, 1.54) is 5.56 Å². The lowest BCUT2D eigenvalue weighted by molar-refractivity contribution is 0.0942. The van der Waals surface area contributed by atoms with Gasteiger partial charge in [0.05, 0.1) is 7.11 Å². The van der Waals surface area contributed by atoms with Crippen molar-refractivity contribution in [3.05, 3.63) is 64.7 Å². The molecule has 3 rings (SSSR count). The number of ether oxygens (including phenoxy) is 1. The Balaban J connectivity index is 1.42. The first kappa shape index (κ1) is 21.3. The highest BCUT2D eigenvalue weighted by Crippen LogP contribution is 2.25. The molecule has 0 heterocycles. The van der Waals surface area contributed by atoms with Crippen LogP contribution >= 0.6 is 0 Å². The molecular formula is C24H31FN2O2. The standard InChI is InChI=1S/C24H31FN2O2/c1-17-11-19(14-25)13-21(12-17)24(28)27-15-18-7-9-22(10-8-18)26-16-20-5-3-4-6-23(20)29-2/h3-6,11-13,18,22,26H,7-10,14-16H2,1-2H3,(H,27,28)/t18-,22+. The Morgan fingerprint density at radius 3 is 2.62 bits per heavy atom. The highest BCUT2D eigenvalue weighted by atomic mass is 19.1. The summed E-state index contributed by atoms with van der Waals surface area (Å²) in [7, 11) is 1.70. The monoisotopic (exact) mass is 398 g/mol. The molecule has 0 radical (unpaired) electrons. The van der Waals surface area contributed by atoms with Gasteiger partial charge in [0.1, 0.15) is 12.4 Å². The van der Waals surface area contributed by atoms with Crippen LogP contribution in [0.4, 0.5) is 4.39 Å². The summed E-state index contributed by atoms with van der Waals surface area (Å²) in [5, 5.41) is 6.68. The molecule has 1 saturated carbocycles. The van der Waals surface area contributed by atoms with Crippen LogP contribution in [-0.4, -0.2) is 25.6 Å². The van der Waals surface area contributed by atoms with E-state index < -0.39 is 6.67 Å². The number of para-hydroxylation sites is 1.